The van der Waals surface area contributed by atoms with Crippen molar-refractivity contribution >= 4 is 34.8 Å². The Morgan fingerprint density at radius 2 is 1.78 bits per heavy atom. The SMILES string of the molecule is COC[C@H]1O[C@H](ONC(=O)c2nc(-c3ccc(Cl)c(OC)c3F)cc(N)c2Cl)[C@@H](OC)[C@H](OC)[C@@H]1OC. The molecule has 11 nitrogen and oxygen atoms in total. The van der Waals surface area contributed by atoms with Gasteiger partial charge < -0.3 is 34.2 Å². The number of carbonyl (C=O) groups excluding carboxylic acids is 1. The molecule has 0 spiro atoms. The largest absolute Gasteiger partial charge is 0.492 e. The van der Waals surface area contributed by atoms with Crippen LogP contribution in [0.2, 0.25) is 10.0 Å². The van der Waals surface area contributed by atoms with E-state index in [2.05, 4.69) is 10.5 Å². The molecular formula is C23H28Cl2FN3O8. The molecule has 1 aromatic heterocycles. The smallest absolute Gasteiger partial charge is 0.295 e. The summed E-state index contributed by atoms with van der Waals surface area (Å²) >= 11 is 12.2. The van der Waals surface area contributed by atoms with Crippen LogP contribution in [0.1, 0.15) is 10.5 Å². The fourth-order valence-electron chi connectivity index (χ4n) is 3.99. The van der Waals surface area contributed by atoms with Crippen LogP contribution in [0.4, 0.5) is 10.1 Å². The molecule has 3 N–H and O–H groups in total. The first-order valence-corrected chi connectivity index (χ1v) is 11.6. The highest BCUT2D eigenvalue weighted by Crippen LogP contribution is 2.36. The molecular weight excluding hydrogens is 536 g/mol. The number of anilines is 1. The molecule has 0 bridgehead atoms. The summed E-state index contributed by atoms with van der Waals surface area (Å²) in [6.07, 6.45) is -3.67. The number of nitrogen functional groups attached to an aromatic ring is 1. The Morgan fingerprint density at radius 1 is 1.11 bits per heavy atom. The van der Waals surface area contributed by atoms with E-state index in [1.54, 1.807) is 0 Å². The molecule has 1 amide bonds. The van der Waals surface area contributed by atoms with Gasteiger partial charge in [0.15, 0.2) is 17.3 Å². The average Bonchev–Trinajstić information content (AvgIpc) is 2.88. The summed E-state index contributed by atoms with van der Waals surface area (Å²) < 4.78 is 47.7. The van der Waals surface area contributed by atoms with Gasteiger partial charge in [0.1, 0.15) is 24.4 Å². The van der Waals surface area contributed by atoms with Crippen molar-refractivity contribution in [3.63, 3.8) is 0 Å². The van der Waals surface area contributed by atoms with Crippen LogP contribution in [0.25, 0.3) is 11.3 Å². The first-order valence-electron chi connectivity index (χ1n) is 10.9. The molecule has 1 aromatic carbocycles. The highest BCUT2D eigenvalue weighted by atomic mass is 35.5. The van der Waals surface area contributed by atoms with Crippen LogP contribution in [-0.4, -0.2) is 83.8 Å². The number of hydroxylamine groups is 1. The zero-order valence-electron chi connectivity index (χ0n) is 20.8. The maximum absolute atomic E-state index is 15.0. The van der Waals surface area contributed by atoms with Crippen molar-refractivity contribution in [3.05, 3.63) is 39.8 Å². The van der Waals surface area contributed by atoms with Crippen molar-refractivity contribution in [2.75, 3.05) is 47.9 Å². The topological polar surface area (TPSA) is 133 Å². The van der Waals surface area contributed by atoms with Crippen LogP contribution in [0.3, 0.4) is 0 Å². The third-order valence-electron chi connectivity index (χ3n) is 5.74. The number of benzene rings is 1. The number of nitrogens with two attached hydrogens (primary N) is 1. The van der Waals surface area contributed by atoms with Crippen LogP contribution in [0.5, 0.6) is 5.75 Å². The van der Waals surface area contributed by atoms with E-state index in [4.69, 9.17) is 62.2 Å². The zero-order valence-corrected chi connectivity index (χ0v) is 22.3. The Kier molecular flexibility index (Phi) is 10.3. The van der Waals surface area contributed by atoms with Gasteiger partial charge in [-0.05, 0) is 18.2 Å². The molecule has 5 atom stereocenters. The van der Waals surface area contributed by atoms with Gasteiger partial charge in [0.25, 0.3) is 5.91 Å². The van der Waals surface area contributed by atoms with Crippen molar-refractivity contribution in [1.29, 1.82) is 0 Å². The maximum Gasteiger partial charge on any atom is 0.295 e. The second kappa shape index (κ2) is 13.0. The fraction of sp³-hybridized carbons (Fsp3) is 0.478. The summed E-state index contributed by atoms with van der Waals surface area (Å²) in [7, 11) is 7.19. The summed E-state index contributed by atoms with van der Waals surface area (Å²) in [5.41, 5.74) is 7.90. The Hall–Kier alpha value is -2.29. The lowest BCUT2D eigenvalue weighted by atomic mass is 9.98. The van der Waals surface area contributed by atoms with Crippen molar-refractivity contribution in [2.24, 2.45) is 0 Å². The number of amides is 1. The van der Waals surface area contributed by atoms with E-state index >= 15 is 0 Å². The first kappa shape index (κ1) is 29.3. The normalized spacial score (nSPS) is 23.6. The predicted molar refractivity (Wildman–Crippen MR) is 132 cm³/mol. The monoisotopic (exact) mass is 563 g/mol. The Morgan fingerprint density at radius 3 is 2.38 bits per heavy atom. The third kappa shape index (κ3) is 6.07. The molecule has 1 aliphatic heterocycles. The van der Waals surface area contributed by atoms with Gasteiger partial charge in [-0.25, -0.2) is 19.7 Å². The number of rotatable bonds is 10. The highest BCUT2D eigenvalue weighted by molar-refractivity contribution is 6.36. The highest BCUT2D eigenvalue weighted by Gasteiger charge is 2.48. The van der Waals surface area contributed by atoms with Gasteiger partial charge in [0.05, 0.1) is 35.1 Å². The van der Waals surface area contributed by atoms with Crippen LogP contribution in [0, 0.1) is 5.82 Å². The summed E-state index contributed by atoms with van der Waals surface area (Å²) in [5.74, 6) is -1.84. The zero-order chi connectivity index (χ0) is 27.3. The Bertz CT molecular complexity index is 1110. The second-order valence-corrected chi connectivity index (χ2v) is 8.63. The number of nitrogens with zero attached hydrogens (tertiary/aromatic N) is 1. The van der Waals surface area contributed by atoms with Crippen molar-refractivity contribution < 1.29 is 42.4 Å². The van der Waals surface area contributed by atoms with Crippen LogP contribution in [-0.2, 0) is 28.5 Å². The number of nitrogens with one attached hydrogen (secondary N) is 1. The van der Waals surface area contributed by atoms with E-state index in [-0.39, 0.29) is 45.0 Å². The molecule has 0 radical (unpaired) electrons. The number of halogens is 3. The van der Waals surface area contributed by atoms with E-state index in [0.717, 1.165) is 0 Å². The van der Waals surface area contributed by atoms with Gasteiger partial charge in [-0.1, -0.05) is 23.2 Å². The Labute approximate surface area is 223 Å². The van der Waals surface area contributed by atoms with Crippen molar-refractivity contribution in [2.45, 2.75) is 30.7 Å². The third-order valence-corrected chi connectivity index (χ3v) is 6.43. The molecule has 0 aliphatic carbocycles. The summed E-state index contributed by atoms with van der Waals surface area (Å²) in [5, 5.41) is -0.0976. The van der Waals surface area contributed by atoms with Gasteiger partial charge in [0, 0.05) is 34.0 Å². The molecule has 1 aliphatic rings. The van der Waals surface area contributed by atoms with Gasteiger partial charge in [-0.15, -0.1) is 0 Å². The van der Waals surface area contributed by atoms with Crippen molar-refractivity contribution in [1.82, 2.24) is 10.5 Å². The van der Waals surface area contributed by atoms with Gasteiger partial charge in [0.2, 0.25) is 6.29 Å². The number of hydrogen-bond donors (Lipinski definition) is 2. The summed E-state index contributed by atoms with van der Waals surface area (Å²) in [4.78, 5) is 22.8. The molecule has 0 unspecified atom stereocenters. The summed E-state index contributed by atoms with van der Waals surface area (Å²) in [6.45, 7) is 0.157. The molecule has 1 fully saturated rings. The number of ether oxygens (including phenoxy) is 6. The van der Waals surface area contributed by atoms with Crippen LogP contribution < -0.4 is 16.0 Å². The van der Waals surface area contributed by atoms with E-state index in [9.17, 15) is 9.18 Å². The number of carbonyl (C=O) groups is 1. The Balaban J connectivity index is 1.87. The quantitative estimate of drug-likeness (QED) is 0.415. The van der Waals surface area contributed by atoms with Gasteiger partial charge in [-0.2, -0.15) is 0 Å². The lowest BCUT2D eigenvalue weighted by Crippen LogP contribution is -2.62. The maximum atomic E-state index is 15.0. The first-order chi connectivity index (χ1) is 17.7. The average molecular weight is 564 g/mol. The van der Waals surface area contributed by atoms with E-state index in [0.29, 0.717) is 0 Å². The van der Waals surface area contributed by atoms with E-state index in [1.807, 2.05) is 0 Å². The minimum atomic E-state index is -1.12. The second-order valence-electron chi connectivity index (χ2n) is 7.85. The lowest BCUT2D eigenvalue weighted by Gasteiger charge is -2.43. The number of methoxy groups -OCH3 is 5. The lowest BCUT2D eigenvalue weighted by molar-refractivity contribution is -0.322. The predicted octanol–water partition coefficient (Wildman–Crippen LogP) is 2.86. The molecule has 14 heteroatoms. The van der Waals surface area contributed by atoms with Crippen LogP contribution in [0.15, 0.2) is 18.2 Å². The molecule has 2 heterocycles. The van der Waals surface area contributed by atoms with Crippen LogP contribution >= 0.6 is 23.2 Å². The molecule has 0 saturated carbocycles. The minimum Gasteiger partial charge on any atom is -0.492 e. The number of pyridine rings is 1. The minimum absolute atomic E-state index is 0.00871. The molecule has 204 valence electrons. The molecule has 1 saturated heterocycles. The van der Waals surface area contributed by atoms with Gasteiger partial charge in [-0.3, -0.25) is 4.79 Å². The van der Waals surface area contributed by atoms with E-state index in [1.165, 1.54) is 53.7 Å². The van der Waals surface area contributed by atoms with Crippen molar-refractivity contribution in [3.8, 4) is 17.0 Å². The molecule has 37 heavy (non-hydrogen) atoms. The number of hydrogen-bond acceptors (Lipinski definition) is 10. The standard InChI is InChI=1S/C23H28Cl2FN3O8/c1-31-9-14-19(33-3)20(34-4)21(35-5)23(36-14)37-29-22(30)17-15(25)12(27)8-13(28-17)10-6-7-11(24)18(32-2)16(10)26/h6-8,14,19-21,23H,9H2,1-5H3,(H2,27,28)(H,29,30)/t14-,19-,20-,21+,23-/m1/s1. The molecule has 3 rings (SSSR count). The van der Waals surface area contributed by atoms with E-state index < -0.39 is 42.4 Å². The number of aromatic nitrogens is 1. The summed E-state index contributed by atoms with van der Waals surface area (Å²) in [6, 6.07) is 4.12. The molecule has 2 aromatic rings. The fourth-order valence-corrected chi connectivity index (χ4v) is 4.39. The van der Waals surface area contributed by atoms with Gasteiger partial charge >= 0.3 is 0 Å².